The Morgan fingerprint density at radius 1 is 0.892 bits per heavy atom. The highest BCUT2D eigenvalue weighted by atomic mass is 32.2. The smallest absolute Gasteiger partial charge is 0.264 e. The van der Waals surface area contributed by atoms with Gasteiger partial charge in [0.1, 0.15) is 12.6 Å². The Kier molecular flexibility index (Phi) is 9.47. The molecule has 0 saturated carbocycles. The van der Waals surface area contributed by atoms with Crippen LogP contribution in [-0.4, -0.2) is 44.3 Å². The standard InChI is InChI=1S/C29H35N3O4S/c1-5-19-30-29(34)24(4)31(20-25-12-7-6-8-13-25)28(33)21-32(27-14-10-9-11-23(27)3)37(35,36)26-17-15-22(2)16-18-26/h6-18,24H,5,19-21H2,1-4H3,(H,30,34)/t24-/m0/s1. The summed E-state index contributed by atoms with van der Waals surface area (Å²) < 4.78 is 28.8. The van der Waals surface area contributed by atoms with E-state index < -0.39 is 28.5 Å². The molecule has 0 heterocycles. The number of hydrogen-bond donors (Lipinski definition) is 1. The molecular weight excluding hydrogens is 486 g/mol. The number of benzene rings is 3. The second kappa shape index (κ2) is 12.5. The SMILES string of the molecule is CCCNC(=O)[C@H](C)N(Cc1ccccc1)C(=O)CN(c1ccccc1C)S(=O)(=O)c1ccc(C)cc1. The summed E-state index contributed by atoms with van der Waals surface area (Å²) in [6.45, 7) is 7.53. The molecule has 0 aliphatic heterocycles. The van der Waals surface area contributed by atoms with Crippen LogP contribution in [0.25, 0.3) is 0 Å². The molecule has 0 aliphatic carbocycles. The Morgan fingerprint density at radius 2 is 1.51 bits per heavy atom. The fourth-order valence-electron chi connectivity index (χ4n) is 3.95. The monoisotopic (exact) mass is 521 g/mol. The van der Waals surface area contributed by atoms with E-state index in [-0.39, 0.29) is 17.3 Å². The molecule has 0 unspecified atom stereocenters. The van der Waals surface area contributed by atoms with Crippen molar-refractivity contribution < 1.29 is 18.0 Å². The highest BCUT2D eigenvalue weighted by molar-refractivity contribution is 7.92. The van der Waals surface area contributed by atoms with Crippen molar-refractivity contribution in [1.29, 1.82) is 0 Å². The summed E-state index contributed by atoms with van der Waals surface area (Å²) in [5.41, 5.74) is 2.90. The van der Waals surface area contributed by atoms with Gasteiger partial charge in [0.2, 0.25) is 11.8 Å². The molecule has 37 heavy (non-hydrogen) atoms. The van der Waals surface area contributed by atoms with Gasteiger partial charge in [0.15, 0.2) is 0 Å². The molecule has 0 aromatic heterocycles. The van der Waals surface area contributed by atoms with Gasteiger partial charge in [-0.25, -0.2) is 8.42 Å². The van der Waals surface area contributed by atoms with E-state index in [1.807, 2.05) is 50.2 Å². The quantitative estimate of drug-likeness (QED) is 0.404. The first-order valence-corrected chi connectivity index (χ1v) is 13.8. The van der Waals surface area contributed by atoms with Crippen LogP contribution in [0.1, 0.15) is 37.0 Å². The maximum absolute atomic E-state index is 13.8. The zero-order chi connectivity index (χ0) is 27.0. The van der Waals surface area contributed by atoms with Crippen molar-refractivity contribution in [3.63, 3.8) is 0 Å². The van der Waals surface area contributed by atoms with Crippen LogP contribution in [0.2, 0.25) is 0 Å². The lowest BCUT2D eigenvalue weighted by atomic mass is 10.1. The molecule has 0 fully saturated rings. The Balaban J connectivity index is 2.02. The van der Waals surface area contributed by atoms with Gasteiger partial charge in [0.05, 0.1) is 10.6 Å². The van der Waals surface area contributed by atoms with Crippen molar-refractivity contribution >= 4 is 27.5 Å². The number of carbonyl (C=O) groups is 2. The third-order valence-corrected chi connectivity index (χ3v) is 7.96. The lowest BCUT2D eigenvalue weighted by Gasteiger charge is -2.32. The average Bonchev–Trinajstić information content (AvgIpc) is 2.89. The molecule has 3 aromatic carbocycles. The summed E-state index contributed by atoms with van der Waals surface area (Å²) in [7, 11) is -4.07. The number of hydrogen-bond acceptors (Lipinski definition) is 4. The Labute approximate surface area is 220 Å². The Hall–Kier alpha value is -3.65. The molecule has 0 saturated heterocycles. The first-order valence-electron chi connectivity index (χ1n) is 12.4. The maximum atomic E-state index is 13.8. The summed E-state index contributed by atoms with van der Waals surface area (Å²) in [6, 6.07) is 22.2. The summed E-state index contributed by atoms with van der Waals surface area (Å²) in [5, 5.41) is 2.84. The number of anilines is 1. The predicted molar refractivity (Wildman–Crippen MR) is 147 cm³/mol. The summed E-state index contributed by atoms with van der Waals surface area (Å²) in [5.74, 6) is -0.753. The van der Waals surface area contributed by atoms with Crippen LogP contribution in [0.15, 0.2) is 83.8 Å². The lowest BCUT2D eigenvalue weighted by Crippen LogP contribution is -2.51. The summed E-state index contributed by atoms with van der Waals surface area (Å²) >= 11 is 0. The van der Waals surface area contributed by atoms with E-state index in [9.17, 15) is 18.0 Å². The second-order valence-corrected chi connectivity index (χ2v) is 10.9. The van der Waals surface area contributed by atoms with Crippen molar-refractivity contribution in [3.05, 3.63) is 95.6 Å². The number of nitrogens with one attached hydrogen (secondary N) is 1. The van der Waals surface area contributed by atoms with Gasteiger partial charge in [-0.2, -0.15) is 0 Å². The van der Waals surface area contributed by atoms with Crippen LogP contribution in [0.3, 0.4) is 0 Å². The van der Waals surface area contributed by atoms with Crippen LogP contribution in [0.5, 0.6) is 0 Å². The van der Waals surface area contributed by atoms with Gasteiger partial charge >= 0.3 is 0 Å². The number of carbonyl (C=O) groups excluding carboxylic acids is 2. The van der Waals surface area contributed by atoms with E-state index in [0.717, 1.165) is 21.9 Å². The molecular formula is C29H35N3O4S. The number of amides is 2. The fraction of sp³-hybridized carbons (Fsp3) is 0.310. The van der Waals surface area contributed by atoms with Gasteiger partial charge in [-0.3, -0.25) is 13.9 Å². The molecule has 1 atom stereocenters. The summed E-state index contributed by atoms with van der Waals surface area (Å²) in [4.78, 5) is 28.2. The van der Waals surface area contributed by atoms with Crippen molar-refractivity contribution in [3.8, 4) is 0 Å². The maximum Gasteiger partial charge on any atom is 0.264 e. The molecule has 7 nitrogen and oxygen atoms in total. The lowest BCUT2D eigenvalue weighted by molar-refractivity contribution is -0.139. The zero-order valence-electron chi connectivity index (χ0n) is 21.8. The van der Waals surface area contributed by atoms with E-state index in [2.05, 4.69) is 5.32 Å². The van der Waals surface area contributed by atoms with Crippen LogP contribution in [0.4, 0.5) is 5.69 Å². The first-order chi connectivity index (χ1) is 17.6. The Bertz CT molecular complexity index is 1310. The van der Waals surface area contributed by atoms with E-state index in [1.54, 1.807) is 56.3 Å². The Morgan fingerprint density at radius 3 is 2.14 bits per heavy atom. The third-order valence-electron chi connectivity index (χ3n) is 6.18. The minimum Gasteiger partial charge on any atom is -0.354 e. The molecule has 8 heteroatoms. The highest BCUT2D eigenvalue weighted by Gasteiger charge is 2.32. The molecule has 0 spiro atoms. The van der Waals surface area contributed by atoms with Gasteiger partial charge in [-0.05, 0) is 56.5 Å². The predicted octanol–water partition coefficient (Wildman–Crippen LogP) is 4.44. The van der Waals surface area contributed by atoms with Crippen LogP contribution >= 0.6 is 0 Å². The van der Waals surface area contributed by atoms with Crippen molar-refractivity contribution in [2.75, 3.05) is 17.4 Å². The molecule has 0 radical (unpaired) electrons. The van der Waals surface area contributed by atoms with Crippen LogP contribution < -0.4 is 9.62 Å². The van der Waals surface area contributed by atoms with Crippen molar-refractivity contribution in [2.45, 2.75) is 51.6 Å². The van der Waals surface area contributed by atoms with Gasteiger partial charge < -0.3 is 10.2 Å². The van der Waals surface area contributed by atoms with Crippen molar-refractivity contribution in [2.24, 2.45) is 0 Å². The number of aryl methyl sites for hydroxylation is 2. The number of para-hydroxylation sites is 1. The fourth-order valence-corrected chi connectivity index (χ4v) is 5.43. The van der Waals surface area contributed by atoms with Gasteiger partial charge in [0, 0.05) is 13.1 Å². The molecule has 0 bridgehead atoms. The molecule has 0 aliphatic rings. The average molecular weight is 522 g/mol. The minimum absolute atomic E-state index is 0.0949. The molecule has 2 amide bonds. The highest BCUT2D eigenvalue weighted by Crippen LogP contribution is 2.27. The van der Waals surface area contributed by atoms with Gasteiger partial charge in [0.25, 0.3) is 10.0 Å². The van der Waals surface area contributed by atoms with Crippen LogP contribution in [0, 0.1) is 13.8 Å². The third kappa shape index (κ3) is 6.98. The van der Waals surface area contributed by atoms with Crippen LogP contribution in [-0.2, 0) is 26.2 Å². The number of nitrogens with zero attached hydrogens (tertiary/aromatic N) is 2. The van der Waals surface area contributed by atoms with Gasteiger partial charge in [-0.15, -0.1) is 0 Å². The van der Waals surface area contributed by atoms with Gasteiger partial charge in [-0.1, -0.05) is 73.2 Å². The topological polar surface area (TPSA) is 86.8 Å². The van der Waals surface area contributed by atoms with E-state index in [4.69, 9.17) is 0 Å². The van der Waals surface area contributed by atoms with Crippen molar-refractivity contribution in [1.82, 2.24) is 10.2 Å². The first kappa shape index (κ1) is 27.9. The summed E-state index contributed by atoms with van der Waals surface area (Å²) in [6.07, 6.45) is 0.765. The van der Waals surface area contributed by atoms with E-state index >= 15 is 0 Å². The molecule has 3 rings (SSSR count). The zero-order valence-corrected chi connectivity index (χ0v) is 22.7. The van der Waals surface area contributed by atoms with E-state index in [0.29, 0.717) is 17.8 Å². The second-order valence-electron chi connectivity index (χ2n) is 9.09. The molecule has 3 aromatic rings. The normalized spacial score (nSPS) is 12.0. The molecule has 196 valence electrons. The minimum atomic E-state index is -4.07. The largest absolute Gasteiger partial charge is 0.354 e. The molecule has 1 N–H and O–H groups in total. The van der Waals surface area contributed by atoms with E-state index in [1.165, 1.54) is 4.90 Å². The number of sulfonamides is 1. The number of rotatable bonds is 11.